The second kappa shape index (κ2) is 5.83. The van der Waals surface area contributed by atoms with Crippen LogP contribution < -0.4 is 0 Å². The molecule has 2 unspecified atom stereocenters. The van der Waals surface area contributed by atoms with E-state index >= 15 is 0 Å². The van der Waals surface area contributed by atoms with Gasteiger partial charge in [-0.3, -0.25) is 4.79 Å². The number of benzene rings is 1. The lowest BCUT2D eigenvalue weighted by atomic mass is 9.94. The molecule has 1 saturated carbocycles. The summed E-state index contributed by atoms with van der Waals surface area (Å²) in [5.41, 5.74) is 0.158. The predicted molar refractivity (Wildman–Crippen MR) is 73.5 cm³/mol. The highest BCUT2D eigenvalue weighted by Gasteiger charge is 2.30. The van der Waals surface area contributed by atoms with Crippen LogP contribution in [0, 0.1) is 5.82 Å². The Morgan fingerprint density at radius 2 is 2.00 bits per heavy atom. The van der Waals surface area contributed by atoms with Crippen molar-refractivity contribution in [2.24, 2.45) is 0 Å². The smallest absolute Gasteiger partial charge is 0.256 e. The van der Waals surface area contributed by atoms with E-state index in [0.29, 0.717) is 4.83 Å². The second-order valence-electron chi connectivity index (χ2n) is 4.76. The van der Waals surface area contributed by atoms with Crippen LogP contribution in [-0.2, 0) is 0 Å². The molecule has 2 atom stereocenters. The molecule has 1 aromatic carbocycles. The Labute approximate surface area is 115 Å². The van der Waals surface area contributed by atoms with Crippen molar-refractivity contribution in [1.82, 2.24) is 4.90 Å². The Morgan fingerprint density at radius 3 is 2.67 bits per heavy atom. The normalized spacial score (nSPS) is 23.7. The van der Waals surface area contributed by atoms with E-state index in [1.54, 1.807) is 30.1 Å². The fourth-order valence-electron chi connectivity index (χ4n) is 2.48. The summed E-state index contributed by atoms with van der Waals surface area (Å²) in [6.45, 7) is 0. The van der Waals surface area contributed by atoms with Gasteiger partial charge in [-0.1, -0.05) is 40.9 Å². The van der Waals surface area contributed by atoms with E-state index in [9.17, 15) is 9.18 Å². The number of hydrogen-bond donors (Lipinski definition) is 0. The molecular weight excluding hydrogens is 297 g/mol. The molecule has 0 aliphatic heterocycles. The second-order valence-corrected chi connectivity index (χ2v) is 5.94. The van der Waals surface area contributed by atoms with E-state index in [-0.39, 0.29) is 17.5 Å². The van der Waals surface area contributed by atoms with Gasteiger partial charge in [0.25, 0.3) is 5.91 Å². The molecule has 1 amide bonds. The highest BCUT2D eigenvalue weighted by Crippen LogP contribution is 2.28. The molecule has 2 nitrogen and oxygen atoms in total. The number of halogens is 2. The van der Waals surface area contributed by atoms with Gasteiger partial charge >= 0.3 is 0 Å². The Bertz CT molecular complexity index is 438. The lowest BCUT2D eigenvalue weighted by molar-refractivity contribution is 0.0700. The van der Waals surface area contributed by atoms with Gasteiger partial charge in [-0.2, -0.15) is 0 Å². The third-order valence-corrected chi connectivity index (χ3v) is 4.64. The quantitative estimate of drug-likeness (QED) is 0.764. The summed E-state index contributed by atoms with van der Waals surface area (Å²) < 4.78 is 13.6. The average Bonchev–Trinajstić information content (AvgIpc) is 2.38. The van der Waals surface area contributed by atoms with Crippen LogP contribution in [0.5, 0.6) is 0 Å². The van der Waals surface area contributed by atoms with E-state index in [2.05, 4.69) is 15.9 Å². The standard InChI is InChI=1S/C14H17BrFNO/c1-17(13-9-5-3-7-11(13)15)14(18)10-6-2-4-8-12(10)16/h2,4,6,8,11,13H,3,5,7,9H2,1H3. The molecule has 0 spiro atoms. The van der Waals surface area contributed by atoms with Gasteiger partial charge < -0.3 is 4.90 Å². The van der Waals surface area contributed by atoms with Crippen molar-refractivity contribution in [2.75, 3.05) is 7.05 Å². The lowest BCUT2D eigenvalue weighted by Gasteiger charge is -2.35. The van der Waals surface area contributed by atoms with Crippen LogP contribution >= 0.6 is 15.9 Å². The minimum absolute atomic E-state index is 0.158. The molecule has 1 fully saturated rings. The molecule has 1 aliphatic rings. The zero-order valence-corrected chi connectivity index (χ0v) is 12.0. The number of amides is 1. The van der Waals surface area contributed by atoms with E-state index in [1.807, 2.05) is 0 Å². The van der Waals surface area contributed by atoms with E-state index in [1.165, 1.54) is 12.5 Å². The number of nitrogens with zero attached hydrogens (tertiary/aromatic N) is 1. The Balaban J connectivity index is 2.16. The van der Waals surface area contributed by atoms with Gasteiger partial charge in [0, 0.05) is 17.9 Å². The van der Waals surface area contributed by atoms with Crippen molar-refractivity contribution in [3.8, 4) is 0 Å². The number of carbonyl (C=O) groups is 1. The maximum Gasteiger partial charge on any atom is 0.256 e. The number of carbonyl (C=O) groups excluding carboxylic acids is 1. The zero-order valence-electron chi connectivity index (χ0n) is 10.4. The monoisotopic (exact) mass is 313 g/mol. The molecule has 0 N–H and O–H groups in total. The molecule has 18 heavy (non-hydrogen) atoms. The lowest BCUT2D eigenvalue weighted by Crippen LogP contribution is -2.44. The molecule has 0 aromatic heterocycles. The van der Waals surface area contributed by atoms with Gasteiger partial charge in [0.05, 0.1) is 5.56 Å². The number of hydrogen-bond acceptors (Lipinski definition) is 1. The van der Waals surface area contributed by atoms with Crippen molar-refractivity contribution in [2.45, 2.75) is 36.6 Å². The topological polar surface area (TPSA) is 20.3 Å². The number of rotatable bonds is 2. The zero-order chi connectivity index (χ0) is 13.1. The first kappa shape index (κ1) is 13.5. The van der Waals surface area contributed by atoms with E-state index in [0.717, 1.165) is 19.3 Å². The highest BCUT2D eigenvalue weighted by atomic mass is 79.9. The van der Waals surface area contributed by atoms with Crippen molar-refractivity contribution < 1.29 is 9.18 Å². The first-order valence-corrected chi connectivity index (χ1v) is 7.18. The summed E-state index contributed by atoms with van der Waals surface area (Å²) in [6, 6.07) is 6.32. The maximum absolute atomic E-state index is 13.6. The largest absolute Gasteiger partial charge is 0.338 e. The van der Waals surface area contributed by atoms with Crippen LogP contribution in [0.4, 0.5) is 4.39 Å². The fourth-order valence-corrected chi connectivity index (χ4v) is 3.42. The van der Waals surface area contributed by atoms with Crippen molar-refractivity contribution in [1.29, 1.82) is 0 Å². The molecule has 98 valence electrons. The third-order valence-electron chi connectivity index (χ3n) is 3.57. The minimum Gasteiger partial charge on any atom is -0.338 e. The first-order valence-electron chi connectivity index (χ1n) is 6.27. The van der Waals surface area contributed by atoms with Crippen molar-refractivity contribution in [3.63, 3.8) is 0 Å². The molecule has 0 saturated heterocycles. The molecule has 4 heteroatoms. The summed E-state index contributed by atoms with van der Waals surface area (Å²) in [6.07, 6.45) is 4.36. The summed E-state index contributed by atoms with van der Waals surface area (Å²) in [5, 5.41) is 0. The molecule has 0 radical (unpaired) electrons. The Morgan fingerprint density at radius 1 is 1.33 bits per heavy atom. The minimum atomic E-state index is -0.448. The summed E-state index contributed by atoms with van der Waals surface area (Å²) >= 11 is 3.63. The van der Waals surface area contributed by atoms with Crippen LogP contribution in [0.2, 0.25) is 0 Å². The molecule has 1 aliphatic carbocycles. The predicted octanol–water partition coefficient (Wildman–Crippen LogP) is 3.60. The van der Waals surface area contributed by atoms with Gasteiger partial charge in [0.15, 0.2) is 0 Å². The van der Waals surface area contributed by atoms with Crippen molar-refractivity contribution in [3.05, 3.63) is 35.6 Å². The molecule has 2 rings (SSSR count). The molecule has 0 bridgehead atoms. The Kier molecular flexibility index (Phi) is 4.38. The maximum atomic E-state index is 13.6. The van der Waals surface area contributed by atoms with E-state index in [4.69, 9.17) is 0 Å². The summed E-state index contributed by atoms with van der Waals surface area (Å²) in [7, 11) is 1.76. The highest BCUT2D eigenvalue weighted by molar-refractivity contribution is 9.09. The van der Waals surface area contributed by atoms with E-state index < -0.39 is 5.82 Å². The van der Waals surface area contributed by atoms with Crippen LogP contribution in [0.15, 0.2) is 24.3 Å². The molecular formula is C14H17BrFNO. The summed E-state index contributed by atoms with van der Waals surface area (Å²) in [5.74, 6) is -0.680. The molecule has 0 heterocycles. The number of alkyl halides is 1. The van der Waals surface area contributed by atoms with Crippen LogP contribution in [0.25, 0.3) is 0 Å². The average molecular weight is 314 g/mol. The summed E-state index contributed by atoms with van der Waals surface area (Å²) in [4.78, 5) is 14.3. The van der Waals surface area contributed by atoms with Crippen molar-refractivity contribution >= 4 is 21.8 Å². The molecule has 1 aromatic rings. The van der Waals surface area contributed by atoms with Crippen LogP contribution in [0.1, 0.15) is 36.0 Å². The van der Waals surface area contributed by atoms with Gasteiger partial charge in [-0.05, 0) is 25.0 Å². The van der Waals surface area contributed by atoms with Crippen LogP contribution in [0.3, 0.4) is 0 Å². The third kappa shape index (κ3) is 2.74. The first-order chi connectivity index (χ1) is 8.61. The Hall–Kier alpha value is -0.900. The van der Waals surface area contributed by atoms with Gasteiger partial charge in [0.2, 0.25) is 0 Å². The van der Waals surface area contributed by atoms with Gasteiger partial charge in [-0.25, -0.2) is 4.39 Å². The fraction of sp³-hybridized carbons (Fsp3) is 0.500. The van der Waals surface area contributed by atoms with Gasteiger partial charge in [0.1, 0.15) is 5.82 Å². The van der Waals surface area contributed by atoms with Gasteiger partial charge in [-0.15, -0.1) is 0 Å². The van der Waals surface area contributed by atoms with Crippen LogP contribution in [-0.4, -0.2) is 28.7 Å². The SMILES string of the molecule is CN(C(=O)c1ccccc1F)C1CCCCC1Br.